The molecule has 78 valence electrons. The first-order valence-electron chi connectivity index (χ1n) is 4.08. The Morgan fingerprint density at radius 3 is 2.93 bits per heavy atom. The van der Waals surface area contributed by atoms with E-state index in [2.05, 4.69) is 21.0 Å². The lowest BCUT2D eigenvalue weighted by atomic mass is 10.2. The Morgan fingerprint density at radius 1 is 1.60 bits per heavy atom. The van der Waals surface area contributed by atoms with Crippen LogP contribution in [0.4, 0.5) is 0 Å². The van der Waals surface area contributed by atoms with Crippen molar-refractivity contribution in [1.29, 1.82) is 0 Å². The number of carboxylic acids is 1. The molecule has 5 nitrogen and oxygen atoms in total. The Balaban J connectivity index is 2.78. The summed E-state index contributed by atoms with van der Waals surface area (Å²) >= 11 is 3.28. The summed E-state index contributed by atoms with van der Waals surface area (Å²) in [6, 6.07) is 3.34. The van der Waals surface area contributed by atoms with Crippen molar-refractivity contribution in [3.63, 3.8) is 0 Å². The van der Waals surface area contributed by atoms with Gasteiger partial charge in [-0.25, -0.2) is 9.31 Å². The molecule has 15 heavy (non-hydrogen) atoms. The molecule has 0 aromatic carbocycles. The van der Waals surface area contributed by atoms with Crippen LogP contribution in [0.3, 0.4) is 0 Å². The fraction of sp³-hybridized carbons (Fsp3) is 0.111. The summed E-state index contributed by atoms with van der Waals surface area (Å²) < 4.78 is 7.18. The van der Waals surface area contributed by atoms with Crippen LogP contribution in [0.5, 0.6) is 5.75 Å². The van der Waals surface area contributed by atoms with Crippen molar-refractivity contribution in [3.05, 3.63) is 28.5 Å². The van der Waals surface area contributed by atoms with E-state index in [9.17, 15) is 4.79 Å². The zero-order chi connectivity index (χ0) is 11.0. The van der Waals surface area contributed by atoms with Gasteiger partial charge in [-0.05, 0) is 15.9 Å². The number of hydrogen-bond acceptors (Lipinski definition) is 3. The second-order valence-corrected chi connectivity index (χ2v) is 3.69. The third-order valence-electron chi connectivity index (χ3n) is 2.02. The number of ether oxygens (including phenoxy) is 1. The van der Waals surface area contributed by atoms with E-state index in [-0.39, 0.29) is 5.56 Å². The monoisotopic (exact) mass is 270 g/mol. The Kier molecular flexibility index (Phi) is 2.36. The number of fused-ring (bicyclic) bond motifs is 1. The zero-order valence-corrected chi connectivity index (χ0v) is 9.35. The van der Waals surface area contributed by atoms with E-state index in [1.165, 1.54) is 17.8 Å². The average molecular weight is 271 g/mol. The fourth-order valence-electron chi connectivity index (χ4n) is 1.30. The smallest absolute Gasteiger partial charge is 0.339 e. The van der Waals surface area contributed by atoms with Crippen LogP contribution in [0.25, 0.3) is 5.52 Å². The number of nitrogens with zero attached hydrogens (tertiary/aromatic N) is 2. The maximum Gasteiger partial charge on any atom is 0.339 e. The molecule has 0 aliphatic carbocycles. The topological polar surface area (TPSA) is 63.8 Å². The van der Waals surface area contributed by atoms with Gasteiger partial charge in [-0.3, -0.25) is 0 Å². The van der Waals surface area contributed by atoms with E-state index in [1.807, 2.05) is 0 Å². The van der Waals surface area contributed by atoms with Crippen molar-refractivity contribution >= 4 is 27.4 Å². The molecule has 1 N–H and O–H groups in total. The number of methoxy groups -OCH3 is 1. The van der Waals surface area contributed by atoms with Crippen molar-refractivity contribution in [2.75, 3.05) is 7.11 Å². The van der Waals surface area contributed by atoms with Gasteiger partial charge in [0.05, 0.1) is 18.8 Å². The van der Waals surface area contributed by atoms with Gasteiger partial charge in [0.2, 0.25) is 0 Å². The van der Waals surface area contributed by atoms with Gasteiger partial charge >= 0.3 is 5.97 Å². The minimum Gasteiger partial charge on any atom is -0.497 e. The lowest BCUT2D eigenvalue weighted by Crippen LogP contribution is -1.97. The second kappa shape index (κ2) is 3.54. The first-order chi connectivity index (χ1) is 7.13. The highest BCUT2D eigenvalue weighted by Gasteiger charge is 2.13. The molecule has 2 heterocycles. The number of pyridine rings is 1. The van der Waals surface area contributed by atoms with Crippen LogP contribution >= 0.6 is 15.9 Å². The molecule has 0 saturated carbocycles. The summed E-state index contributed by atoms with van der Waals surface area (Å²) in [5.74, 6) is -0.428. The van der Waals surface area contributed by atoms with E-state index in [4.69, 9.17) is 9.84 Å². The molecule has 0 unspecified atom stereocenters. The summed E-state index contributed by atoms with van der Waals surface area (Å²) in [5, 5.41) is 12.9. The molecule has 0 radical (unpaired) electrons. The SMILES string of the molecule is COc1cc(Br)n2ncc(C(=O)O)c2c1. The summed E-state index contributed by atoms with van der Waals surface area (Å²) in [5.41, 5.74) is 0.642. The van der Waals surface area contributed by atoms with Crippen LogP contribution in [0.15, 0.2) is 22.9 Å². The van der Waals surface area contributed by atoms with E-state index >= 15 is 0 Å². The Morgan fingerprint density at radius 2 is 2.33 bits per heavy atom. The average Bonchev–Trinajstić information content (AvgIpc) is 2.61. The van der Waals surface area contributed by atoms with Gasteiger partial charge in [0.1, 0.15) is 15.9 Å². The third-order valence-corrected chi connectivity index (χ3v) is 2.58. The van der Waals surface area contributed by atoms with Crippen LogP contribution in [0.1, 0.15) is 10.4 Å². The van der Waals surface area contributed by atoms with Gasteiger partial charge in [-0.1, -0.05) is 0 Å². The molecule has 0 bridgehead atoms. The molecular weight excluding hydrogens is 264 g/mol. The van der Waals surface area contributed by atoms with Crippen LogP contribution in [0.2, 0.25) is 0 Å². The summed E-state index contributed by atoms with van der Waals surface area (Å²) in [7, 11) is 1.52. The number of aromatic nitrogens is 2. The van der Waals surface area contributed by atoms with E-state index < -0.39 is 5.97 Å². The lowest BCUT2D eigenvalue weighted by Gasteiger charge is -2.03. The number of carbonyl (C=O) groups is 1. The van der Waals surface area contributed by atoms with Crippen molar-refractivity contribution in [1.82, 2.24) is 9.61 Å². The van der Waals surface area contributed by atoms with Crippen LogP contribution < -0.4 is 4.74 Å². The summed E-state index contributed by atoms with van der Waals surface area (Å²) in [4.78, 5) is 10.9. The minimum absolute atomic E-state index is 0.148. The maximum atomic E-state index is 10.9. The highest BCUT2D eigenvalue weighted by Crippen LogP contribution is 2.23. The Bertz CT molecular complexity index is 535. The predicted octanol–water partition coefficient (Wildman–Crippen LogP) is 1.80. The van der Waals surface area contributed by atoms with Gasteiger partial charge in [-0.15, -0.1) is 0 Å². The van der Waals surface area contributed by atoms with Gasteiger partial charge in [0.25, 0.3) is 0 Å². The first-order valence-corrected chi connectivity index (χ1v) is 4.87. The second-order valence-electron chi connectivity index (χ2n) is 2.88. The molecule has 0 aliphatic heterocycles. The van der Waals surface area contributed by atoms with Gasteiger partial charge in [-0.2, -0.15) is 5.10 Å². The normalized spacial score (nSPS) is 10.5. The van der Waals surface area contributed by atoms with E-state index in [1.54, 1.807) is 12.1 Å². The van der Waals surface area contributed by atoms with Crippen molar-refractivity contribution in [2.24, 2.45) is 0 Å². The largest absolute Gasteiger partial charge is 0.497 e. The molecule has 0 saturated heterocycles. The van der Waals surface area contributed by atoms with E-state index in [0.29, 0.717) is 15.9 Å². The highest BCUT2D eigenvalue weighted by atomic mass is 79.9. The molecule has 2 aromatic heterocycles. The number of hydrogen-bond donors (Lipinski definition) is 1. The summed E-state index contributed by atoms with van der Waals surface area (Å²) in [6.45, 7) is 0. The van der Waals surface area contributed by atoms with Crippen molar-refractivity contribution in [3.8, 4) is 5.75 Å². The summed E-state index contributed by atoms with van der Waals surface area (Å²) in [6.07, 6.45) is 1.31. The minimum atomic E-state index is -1.01. The van der Waals surface area contributed by atoms with Crippen LogP contribution in [-0.2, 0) is 0 Å². The standard InChI is InChI=1S/C9H7BrN2O3/c1-15-5-2-7-6(9(13)14)4-11-12(7)8(10)3-5/h2-4H,1H3,(H,13,14). The van der Waals surface area contributed by atoms with E-state index in [0.717, 1.165) is 0 Å². The predicted molar refractivity (Wildman–Crippen MR) is 56.4 cm³/mol. The Hall–Kier alpha value is -1.56. The molecule has 0 atom stereocenters. The lowest BCUT2D eigenvalue weighted by molar-refractivity contribution is 0.0699. The highest BCUT2D eigenvalue weighted by molar-refractivity contribution is 9.10. The number of halogens is 1. The van der Waals surface area contributed by atoms with Crippen molar-refractivity contribution in [2.45, 2.75) is 0 Å². The third kappa shape index (κ3) is 1.56. The van der Waals surface area contributed by atoms with Crippen LogP contribution in [0, 0.1) is 0 Å². The quantitative estimate of drug-likeness (QED) is 0.846. The van der Waals surface area contributed by atoms with Gasteiger partial charge in [0.15, 0.2) is 0 Å². The molecule has 6 heteroatoms. The molecule has 0 amide bonds. The molecule has 0 fully saturated rings. The number of aromatic carboxylic acids is 1. The Labute approximate surface area is 93.4 Å². The van der Waals surface area contributed by atoms with Gasteiger partial charge < -0.3 is 9.84 Å². The van der Waals surface area contributed by atoms with Crippen LogP contribution in [-0.4, -0.2) is 27.8 Å². The maximum absolute atomic E-state index is 10.9. The number of carboxylic acid groups (broad SMARTS) is 1. The van der Waals surface area contributed by atoms with Gasteiger partial charge in [0, 0.05) is 12.1 Å². The molecule has 2 aromatic rings. The fourth-order valence-corrected chi connectivity index (χ4v) is 1.81. The molecule has 2 rings (SSSR count). The zero-order valence-electron chi connectivity index (χ0n) is 7.77. The molecular formula is C9H7BrN2O3. The molecule has 0 spiro atoms. The molecule has 0 aliphatic rings. The van der Waals surface area contributed by atoms with Crippen molar-refractivity contribution < 1.29 is 14.6 Å². The number of rotatable bonds is 2. The first kappa shape index (κ1) is 9.97.